The number of carbonyl (C=O) groups is 5. The Morgan fingerprint density at radius 2 is 0.857 bits per heavy atom. The number of carbonyl (C=O) groups excluding carboxylic acids is 5. The summed E-state index contributed by atoms with van der Waals surface area (Å²) in [7, 11) is 0. The number of fused-ring (bicyclic) bond motifs is 2. The van der Waals surface area contributed by atoms with Gasteiger partial charge in [-0.3, -0.25) is 19.2 Å². The van der Waals surface area contributed by atoms with E-state index in [1.165, 1.54) is 13.0 Å². The maximum absolute atomic E-state index is 12.6. The molecule has 7 saturated carbocycles. The molecular formula is C115H182O25. The molecule has 0 aromatic heterocycles. The molecule has 25 nitrogen and oxygen atoms in total. The fourth-order valence-electron chi connectivity index (χ4n) is 22.9. The number of esters is 2. The molecule has 5 N–H and O–H groups in total. The lowest BCUT2D eigenvalue weighted by Crippen LogP contribution is -2.76. The Kier molecular flexibility index (Phi) is 51.6. The van der Waals surface area contributed by atoms with Gasteiger partial charge >= 0.3 is 11.9 Å². The molecule has 9 aliphatic rings. The molecule has 0 amide bonds. The van der Waals surface area contributed by atoms with Gasteiger partial charge in [0.25, 0.3) is 0 Å². The van der Waals surface area contributed by atoms with E-state index in [1.807, 2.05) is 138 Å². The smallest absolute Gasteiger partial charge is 0.332 e. The summed E-state index contributed by atoms with van der Waals surface area (Å²) >= 11 is 0. The fourth-order valence-corrected chi connectivity index (χ4v) is 22.9. The molecule has 7 aliphatic carbocycles. The van der Waals surface area contributed by atoms with Gasteiger partial charge in [-0.1, -0.05) is 105 Å². The molecule has 1 saturated heterocycles. The summed E-state index contributed by atoms with van der Waals surface area (Å²) < 4.78 is 88.4. The van der Waals surface area contributed by atoms with Crippen LogP contribution in [-0.4, -0.2) is 251 Å². The molecule has 8 fully saturated rings. The van der Waals surface area contributed by atoms with E-state index in [2.05, 4.69) is 132 Å². The average molecular weight is 1960 g/mol. The normalized spacial score (nSPS) is 37.2. The third-order valence-corrected chi connectivity index (χ3v) is 30.0. The molecule has 28 atom stereocenters. The van der Waals surface area contributed by atoms with Crippen molar-refractivity contribution in [1.29, 1.82) is 0 Å². The Balaban J connectivity index is 0.000000423. The first-order valence-corrected chi connectivity index (χ1v) is 51.7. The van der Waals surface area contributed by atoms with Gasteiger partial charge in [0, 0.05) is 90.8 Å². The van der Waals surface area contributed by atoms with Crippen molar-refractivity contribution in [3.8, 4) is 71.2 Å². The highest BCUT2D eigenvalue weighted by molar-refractivity contribution is 5.96. The van der Waals surface area contributed by atoms with Gasteiger partial charge in [-0.2, -0.15) is 0 Å². The van der Waals surface area contributed by atoms with E-state index in [1.54, 1.807) is 48.5 Å². The van der Waals surface area contributed by atoms with Crippen molar-refractivity contribution in [3.05, 3.63) is 60.8 Å². The van der Waals surface area contributed by atoms with Crippen molar-refractivity contribution in [3.63, 3.8) is 0 Å². The van der Waals surface area contributed by atoms with Crippen LogP contribution >= 0.6 is 0 Å². The van der Waals surface area contributed by atoms with Crippen molar-refractivity contribution in [2.45, 2.75) is 428 Å². The van der Waals surface area contributed by atoms with Crippen molar-refractivity contribution in [1.82, 2.24) is 0 Å². The molecule has 9 rings (SSSR count). The Bertz CT molecular complexity index is 4420. The minimum Gasteiger partial charge on any atom is -0.447 e. The highest BCUT2D eigenvalue weighted by Crippen LogP contribution is 2.61. The standard InChI is InChI=1S/C20H30O4.C20H32O4.C18H26O4.C17H28O3.C16H26O4.C14H24O3.C10H16O3/c1-7-12-19-17(22-9-3)15(5)11-13-20(19,23-10-4)18(6,8-2)14-16(21)24-19;1-7-13-19(21)18(23-9-3)16(5)11-14-20(19,24-10-4)17(6)12-15-22-8-2;1-6-10-18-16(20-7-2)13(4)9-11-17(18,21-8-3)14(5)12-15(19)22-18;1-7-11-16(18)15(19-8-2)14(6)10-12-17(16,13(4)5)20-9-3;1-6-10-15(18)14(19-7-2)12(4)9-11-16(15,13(5)17)20-8-3;1-6-16-12-11(5)8-9-14(10(3)4,13(12)15)17-7-2;1-6(2)10(13)5-4-7(3)8(11)9(10)12/h8,15,17H,2,9-11,13-14H2,1,3-6H3;16-18,21H,8-11,14H2,1-6H3;12-13,16H,7-9,11H2,1-5H3;14-15,18H,4,8-10,12H2,1-3,5-6H3;12,14,18H,7-9,11H2,1-5H3;11-12H,3,6-9H2,1-2,4-5H3;7-8,11,13H,1,4-5H2,2-3H3/t15?,17?,18-,19?,20-;;13?,16?,17-,18?;;12?,14?,15?,16-;11?,12?,14-;/m0.0.00./s1. The first kappa shape index (κ1) is 127. The Morgan fingerprint density at radius 1 is 0.450 bits per heavy atom. The number of Topliss-reactive ketones (excluding diaryl/α,β-unsaturated/α-hetero) is 3. The number of aliphatic hydroxyl groups excluding tert-OH is 1. The maximum atomic E-state index is 12.6. The third-order valence-electron chi connectivity index (χ3n) is 30.0. The van der Waals surface area contributed by atoms with Crippen LogP contribution in [0.25, 0.3) is 0 Å². The molecule has 140 heavy (non-hydrogen) atoms. The van der Waals surface area contributed by atoms with Gasteiger partial charge in [0.15, 0.2) is 39.8 Å². The van der Waals surface area contributed by atoms with E-state index in [0.29, 0.717) is 124 Å². The van der Waals surface area contributed by atoms with E-state index in [4.69, 9.17) is 71.1 Å². The number of rotatable bonds is 31. The Labute approximate surface area is 843 Å². The molecule has 0 radical (unpaired) electrons. The first-order valence-electron chi connectivity index (χ1n) is 51.7. The zero-order chi connectivity index (χ0) is 107. The number of ether oxygens (including phenoxy) is 15. The molecular weight excluding hydrogens is 1780 g/mol. The second-order valence-corrected chi connectivity index (χ2v) is 39.0. The quantitative estimate of drug-likeness (QED) is 0.0245. The summed E-state index contributed by atoms with van der Waals surface area (Å²) in [6.07, 6.45) is 13.6. The molecule has 25 heteroatoms. The van der Waals surface area contributed by atoms with Crippen molar-refractivity contribution in [2.24, 2.45) is 52.8 Å². The van der Waals surface area contributed by atoms with Crippen LogP contribution in [0.2, 0.25) is 0 Å². The predicted molar refractivity (Wildman–Crippen MR) is 548 cm³/mol. The first-order chi connectivity index (χ1) is 65.9. The van der Waals surface area contributed by atoms with Crippen LogP contribution in [0.4, 0.5) is 0 Å². The van der Waals surface area contributed by atoms with Gasteiger partial charge < -0.3 is 96.6 Å². The SMILES string of the molecule is C=C(C)C1(O)CCC(C)C(O)C1=O.C=C(C)C1(OCC)CCC(C)C(OCC)C1(O)C#CC.C=C(C)[C@@]1(OCC)CCC(C)C(OCC)C1=O.C=C[C@@]1(C)CC(=O)OC2(C#CC)C(OCC)C(C)CC[C@@]21OCC.CC#CC1(O)C(OCC)C(C)CCC1(OCC)C(C)C#COCC.CC#CC1(O)C(OCC)C(C)CC[C@]1(OCC)C(C)=O.CC#CC12OC(=O)C=C(C)[C@@]1(OCC)CCC(C)C2OCC. The maximum Gasteiger partial charge on any atom is 0.332 e. The van der Waals surface area contributed by atoms with Crippen LogP contribution in [0.1, 0.15) is 318 Å². The summed E-state index contributed by atoms with van der Waals surface area (Å²) in [5.41, 5.74) is -11.0. The topological polar surface area (TPSA) is 325 Å². The van der Waals surface area contributed by atoms with E-state index in [9.17, 15) is 49.5 Å². The van der Waals surface area contributed by atoms with Crippen molar-refractivity contribution >= 4 is 29.3 Å². The summed E-state index contributed by atoms with van der Waals surface area (Å²) in [5, 5.41) is 53.6. The predicted octanol–water partition coefficient (Wildman–Crippen LogP) is 17.6. The Morgan fingerprint density at radius 3 is 1.30 bits per heavy atom. The van der Waals surface area contributed by atoms with Crippen LogP contribution in [-0.2, 0) is 95.0 Å². The van der Waals surface area contributed by atoms with Crippen LogP contribution in [0.15, 0.2) is 60.8 Å². The molecule has 0 spiro atoms. The lowest BCUT2D eigenvalue weighted by molar-refractivity contribution is -0.296. The van der Waals surface area contributed by atoms with Crippen molar-refractivity contribution < 1.29 is 121 Å². The van der Waals surface area contributed by atoms with Gasteiger partial charge in [-0.15, -0.1) is 36.2 Å². The lowest BCUT2D eigenvalue weighted by Gasteiger charge is -2.62. The molecule has 0 aromatic carbocycles. The van der Waals surface area contributed by atoms with Crippen LogP contribution in [0.5, 0.6) is 0 Å². The zero-order valence-electron chi connectivity index (χ0n) is 91.8. The minimum atomic E-state index is -1.60. The molecule has 0 aromatic rings. The van der Waals surface area contributed by atoms with Crippen LogP contribution < -0.4 is 0 Å². The molecule has 2 aliphatic heterocycles. The Hall–Kier alpha value is -6.87. The molecule has 2 heterocycles. The van der Waals surface area contributed by atoms with Gasteiger partial charge in [0.05, 0.1) is 18.9 Å². The van der Waals surface area contributed by atoms with Gasteiger partial charge in [0.2, 0.25) is 11.2 Å². The van der Waals surface area contributed by atoms with E-state index < -0.39 is 96.7 Å². The van der Waals surface area contributed by atoms with Gasteiger partial charge in [-0.25, -0.2) is 4.79 Å². The second kappa shape index (κ2) is 56.7. The lowest BCUT2D eigenvalue weighted by atomic mass is 9.53. The van der Waals surface area contributed by atoms with Gasteiger partial charge in [-0.05, 0) is 332 Å². The van der Waals surface area contributed by atoms with Crippen LogP contribution in [0.3, 0.4) is 0 Å². The largest absolute Gasteiger partial charge is 0.447 e. The summed E-state index contributed by atoms with van der Waals surface area (Å²) in [6.45, 7) is 82.8. The van der Waals surface area contributed by atoms with E-state index in [-0.39, 0.29) is 102 Å². The number of ketones is 3. The van der Waals surface area contributed by atoms with Crippen molar-refractivity contribution in [2.75, 3.05) is 85.9 Å². The summed E-state index contributed by atoms with van der Waals surface area (Å²) in [4.78, 5) is 61.0. The minimum absolute atomic E-state index is 0.0486. The second-order valence-electron chi connectivity index (χ2n) is 39.0. The zero-order valence-corrected chi connectivity index (χ0v) is 91.8. The molecule has 23 unspecified atom stereocenters. The number of hydrogen-bond donors (Lipinski definition) is 5. The molecule has 0 bridgehead atoms. The number of hydrogen-bond acceptors (Lipinski definition) is 25. The monoisotopic (exact) mass is 1960 g/mol. The van der Waals surface area contributed by atoms with Crippen LogP contribution in [0, 0.1) is 124 Å². The average Bonchev–Trinajstić information content (AvgIpc) is 0.675. The third kappa shape index (κ3) is 26.0. The number of aliphatic hydroxyl groups is 5. The fraction of sp³-hybridized carbons (Fsp3) is 0.765. The highest BCUT2D eigenvalue weighted by Gasteiger charge is 2.74. The van der Waals surface area contributed by atoms with E-state index >= 15 is 0 Å². The van der Waals surface area contributed by atoms with E-state index in [0.717, 1.165) is 74.5 Å². The summed E-state index contributed by atoms with van der Waals surface area (Å²) in [6, 6.07) is 0. The highest BCUT2D eigenvalue weighted by atomic mass is 16.6. The molecule has 792 valence electrons. The van der Waals surface area contributed by atoms with Gasteiger partial charge in [0.1, 0.15) is 82.4 Å². The summed E-state index contributed by atoms with van der Waals surface area (Å²) in [5.74, 6) is 32.4.